The number of aryl methyl sites for hydroxylation is 1. The monoisotopic (exact) mass is 408 g/mol. The molecule has 0 radical (unpaired) electrons. The zero-order chi connectivity index (χ0) is 19.8. The lowest BCUT2D eigenvalue weighted by Gasteiger charge is -2.25. The molecule has 0 N–H and O–H groups in total. The average Bonchev–Trinajstić information content (AvgIpc) is 3.42. The molecule has 4 aromatic rings. The second-order valence-electron chi connectivity index (χ2n) is 7.04. The van der Waals surface area contributed by atoms with Crippen molar-refractivity contribution >= 4 is 26.8 Å². The van der Waals surface area contributed by atoms with E-state index >= 15 is 0 Å². The number of rotatable bonds is 4. The summed E-state index contributed by atoms with van der Waals surface area (Å²) in [7, 11) is 0. The molecule has 5 rings (SSSR count). The van der Waals surface area contributed by atoms with Crippen molar-refractivity contribution in [1.29, 1.82) is 0 Å². The summed E-state index contributed by atoms with van der Waals surface area (Å²) in [6.07, 6.45) is 1.58. The minimum atomic E-state index is -0.304. The number of ether oxygens (including phenoxy) is 1. The number of hydrogen-bond acceptors (Lipinski definition) is 7. The van der Waals surface area contributed by atoms with Crippen LogP contribution in [0.3, 0.4) is 0 Å². The molecule has 1 aliphatic heterocycles. The molecule has 1 fully saturated rings. The number of morpholine rings is 1. The Morgan fingerprint density at radius 3 is 2.62 bits per heavy atom. The predicted molar refractivity (Wildman–Crippen MR) is 113 cm³/mol. The van der Waals surface area contributed by atoms with Crippen LogP contribution in [-0.2, 0) is 11.3 Å². The second-order valence-corrected chi connectivity index (χ2v) is 8.00. The largest absolute Gasteiger partial charge is 0.463 e. The molecule has 1 saturated heterocycles. The molecule has 1 aromatic carbocycles. The van der Waals surface area contributed by atoms with E-state index in [4.69, 9.17) is 14.1 Å². The molecule has 0 unspecified atom stereocenters. The number of anilines is 1. The second kappa shape index (κ2) is 7.46. The Labute approximate surface area is 171 Å². The van der Waals surface area contributed by atoms with Crippen LogP contribution in [0.5, 0.6) is 0 Å². The maximum absolute atomic E-state index is 13.0. The van der Waals surface area contributed by atoms with Gasteiger partial charge in [-0.2, -0.15) is 4.98 Å². The van der Waals surface area contributed by atoms with E-state index in [1.165, 1.54) is 16.9 Å². The van der Waals surface area contributed by atoms with Crippen molar-refractivity contribution in [3.63, 3.8) is 0 Å². The normalized spacial score (nSPS) is 14.6. The lowest BCUT2D eigenvalue weighted by molar-refractivity contribution is 0.122. The van der Waals surface area contributed by atoms with Crippen molar-refractivity contribution in [3.8, 4) is 11.5 Å². The number of fused-ring (bicyclic) bond motifs is 1. The summed E-state index contributed by atoms with van der Waals surface area (Å²) in [5.41, 5.74) is 3.11. The van der Waals surface area contributed by atoms with Crippen LogP contribution in [0.1, 0.15) is 11.1 Å². The molecule has 0 amide bonds. The summed E-state index contributed by atoms with van der Waals surface area (Å²) in [5, 5.41) is 0.876. The number of benzene rings is 1. The minimum Gasteiger partial charge on any atom is -0.463 e. The van der Waals surface area contributed by atoms with E-state index in [1.807, 2.05) is 31.2 Å². The van der Waals surface area contributed by atoms with E-state index in [-0.39, 0.29) is 5.69 Å². The van der Waals surface area contributed by atoms with Gasteiger partial charge in [0.1, 0.15) is 16.0 Å². The van der Waals surface area contributed by atoms with Crippen LogP contribution < -0.4 is 10.6 Å². The Kier molecular flexibility index (Phi) is 4.65. The van der Waals surface area contributed by atoms with Crippen LogP contribution in [0.2, 0.25) is 0 Å². The van der Waals surface area contributed by atoms with E-state index in [2.05, 4.69) is 9.88 Å². The molecule has 0 bridgehead atoms. The van der Waals surface area contributed by atoms with Gasteiger partial charge in [0.05, 0.1) is 26.0 Å². The van der Waals surface area contributed by atoms with Gasteiger partial charge in [0, 0.05) is 13.1 Å². The average molecular weight is 408 g/mol. The van der Waals surface area contributed by atoms with Crippen molar-refractivity contribution in [2.45, 2.75) is 13.5 Å². The molecule has 148 valence electrons. The first kappa shape index (κ1) is 18.1. The van der Waals surface area contributed by atoms with Crippen LogP contribution >= 0.6 is 11.3 Å². The molecule has 0 saturated carbocycles. The van der Waals surface area contributed by atoms with Crippen molar-refractivity contribution in [3.05, 3.63) is 64.3 Å². The fourth-order valence-electron chi connectivity index (χ4n) is 3.42. The molecule has 0 spiro atoms. The van der Waals surface area contributed by atoms with Gasteiger partial charge in [-0.3, -0.25) is 4.57 Å². The Hall–Kier alpha value is -2.97. The number of thiazole rings is 1. The maximum Gasteiger partial charge on any atom is 0.349 e. The summed E-state index contributed by atoms with van der Waals surface area (Å²) >= 11 is 1.52. The standard InChI is InChI=1S/C21H20N4O3S/c1-14-4-6-15(7-5-14)13-25-19-18(17(22-20(25)26)16-3-2-10-28-16)23-21(29-19)24-8-11-27-12-9-24/h2-7,10H,8-9,11-13H2,1H3. The molecule has 8 heteroatoms. The lowest BCUT2D eigenvalue weighted by Crippen LogP contribution is -2.36. The quantitative estimate of drug-likeness (QED) is 0.516. The van der Waals surface area contributed by atoms with Gasteiger partial charge in [-0.05, 0) is 24.6 Å². The number of hydrogen-bond donors (Lipinski definition) is 0. The van der Waals surface area contributed by atoms with E-state index in [9.17, 15) is 4.79 Å². The molecule has 3 aromatic heterocycles. The van der Waals surface area contributed by atoms with Crippen LogP contribution in [0.15, 0.2) is 51.9 Å². The van der Waals surface area contributed by atoms with Gasteiger partial charge >= 0.3 is 5.69 Å². The van der Waals surface area contributed by atoms with Gasteiger partial charge in [-0.1, -0.05) is 41.2 Å². The molecular formula is C21H20N4O3S. The van der Waals surface area contributed by atoms with Crippen LogP contribution in [0.25, 0.3) is 21.8 Å². The molecule has 7 nitrogen and oxygen atoms in total. The fraction of sp³-hybridized carbons (Fsp3) is 0.286. The van der Waals surface area contributed by atoms with Gasteiger partial charge in [0.2, 0.25) is 0 Å². The highest BCUT2D eigenvalue weighted by molar-refractivity contribution is 7.21. The van der Waals surface area contributed by atoms with Gasteiger partial charge in [0.25, 0.3) is 0 Å². The summed E-state index contributed by atoms with van der Waals surface area (Å²) in [5.74, 6) is 0.549. The third kappa shape index (κ3) is 3.45. The number of aromatic nitrogens is 3. The highest BCUT2D eigenvalue weighted by Crippen LogP contribution is 2.34. The topological polar surface area (TPSA) is 73.4 Å². The summed E-state index contributed by atoms with van der Waals surface area (Å²) < 4.78 is 12.7. The van der Waals surface area contributed by atoms with Crippen molar-refractivity contribution in [2.24, 2.45) is 0 Å². The number of furan rings is 1. The van der Waals surface area contributed by atoms with Crippen LogP contribution in [-0.4, -0.2) is 40.8 Å². The van der Waals surface area contributed by atoms with E-state index in [1.54, 1.807) is 23.0 Å². The summed E-state index contributed by atoms with van der Waals surface area (Å²) in [6, 6.07) is 11.8. The molecule has 29 heavy (non-hydrogen) atoms. The van der Waals surface area contributed by atoms with Crippen molar-refractivity contribution in [2.75, 3.05) is 31.2 Å². The third-order valence-corrected chi connectivity index (χ3v) is 6.14. The van der Waals surface area contributed by atoms with E-state index in [0.717, 1.165) is 28.6 Å². The highest BCUT2D eigenvalue weighted by Gasteiger charge is 2.22. The SMILES string of the molecule is Cc1ccc(Cn2c(=O)nc(-c3ccco3)c3nc(N4CCOCC4)sc32)cc1. The first-order valence-electron chi connectivity index (χ1n) is 9.52. The maximum atomic E-state index is 13.0. The number of nitrogens with zero attached hydrogens (tertiary/aromatic N) is 4. The van der Waals surface area contributed by atoms with E-state index < -0.39 is 0 Å². The summed E-state index contributed by atoms with van der Waals surface area (Å²) in [6.45, 7) is 5.42. The van der Waals surface area contributed by atoms with Gasteiger partial charge < -0.3 is 14.1 Å². The van der Waals surface area contributed by atoms with E-state index in [0.29, 0.717) is 36.7 Å². The van der Waals surface area contributed by atoms with Crippen LogP contribution in [0, 0.1) is 6.92 Å². The Bertz CT molecular complexity index is 1190. The predicted octanol–water partition coefficient (Wildman–Crippen LogP) is 3.31. The smallest absolute Gasteiger partial charge is 0.349 e. The molecule has 4 heterocycles. The Morgan fingerprint density at radius 2 is 1.90 bits per heavy atom. The molecular weight excluding hydrogens is 388 g/mol. The van der Waals surface area contributed by atoms with Crippen LogP contribution in [0.4, 0.5) is 5.13 Å². The molecule has 0 aliphatic carbocycles. The van der Waals surface area contributed by atoms with Crippen molar-refractivity contribution < 1.29 is 9.15 Å². The van der Waals surface area contributed by atoms with Gasteiger partial charge in [-0.25, -0.2) is 9.78 Å². The Morgan fingerprint density at radius 1 is 1.10 bits per heavy atom. The van der Waals surface area contributed by atoms with Crippen molar-refractivity contribution in [1.82, 2.24) is 14.5 Å². The third-order valence-electron chi connectivity index (χ3n) is 5.00. The highest BCUT2D eigenvalue weighted by atomic mass is 32.1. The van der Waals surface area contributed by atoms with Gasteiger partial charge in [-0.15, -0.1) is 0 Å². The van der Waals surface area contributed by atoms with Gasteiger partial charge in [0.15, 0.2) is 10.9 Å². The zero-order valence-corrected chi connectivity index (χ0v) is 16.8. The first-order chi connectivity index (χ1) is 14.2. The minimum absolute atomic E-state index is 0.304. The molecule has 0 atom stereocenters. The fourth-order valence-corrected chi connectivity index (χ4v) is 4.54. The Balaban J connectivity index is 1.66. The summed E-state index contributed by atoms with van der Waals surface area (Å²) in [4.78, 5) is 25.1. The first-order valence-corrected chi connectivity index (χ1v) is 10.3. The lowest BCUT2D eigenvalue weighted by atomic mass is 10.1. The molecule has 1 aliphatic rings. The zero-order valence-electron chi connectivity index (χ0n) is 16.0.